The van der Waals surface area contributed by atoms with Crippen molar-refractivity contribution < 1.29 is 19.0 Å². The number of rotatable bonds is 7. The zero-order valence-corrected chi connectivity index (χ0v) is 17.3. The number of pyridine rings is 2. The standard InChI is InChI=1S/C23H23N3O5/c1-29-19-10-11-23(30-2,31-19)15-25-21(27)18-13-17-9-6-12-24-20(17)26(22(18)28)14-16-7-4-3-5-8-16/h3-13,19H,14-15H2,1-2H3,(H,25,27)/t19-,23+/m1/s1. The van der Waals surface area contributed by atoms with E-state index in [1.165, 1.54) is 18.8 Å². The molecule has 0 aliphatic carbocycles. The van der Waals surface area contributed by atoms with Gasteiger partial charge in [-0.15, -0.1) is 0 Å². The number of ether oxygens (including phenoxy) is 3. The molecule has 0 bridgehead atoms. The summed E-state index contributed by atoms with van der Waals surface area (Å²) in [4.78, 5) is 30.6. The fourth-order valence-corrected chi connectivity index (χ4v) is 3.50. The number of benzene rings is 1. The molecule has 1 N–H and O–H groups in total. The lowest BCUT2D eigenvalue weighted by atomic mass is 10.1. The first-order chi connectivity index (χ1) is 15.0. The number of methoxy groups -OCH3 is 2. The van der Waals surface area contributed by atoms with Gasteiger partial charge >= 0.3 is 0 Å². The van der Waals surface area contributed by atoms with Crippen molar-refractivity contribution in [3.8, 4) is 0 Å². The molecule has 4 rings (SSSR count). The molecule has 0 saturated heterocycles. The molecule has 3 aromatic rings. The Labute approximate surface area is 179 Å². The number of hydrogen-bond acceptors (Lipinski definition) is 6. The Balaban J connectivity index is 1.64. The van der Waals surface area contributed by atoms with Crippen molar-refractivity contribution in [1.29, 1.82) is 0 Å². The van der Waals surface area contributed by atoms with Crippen LogP contribution in [0.2, 0.25) is 0 Å². The predicted octanol–water partition coefficient (Wildman–Crippen LogP) is 2.08. The van der Waals surface area contributed by atoms with Gasteiger partial charge in [-0.2, -0.15) is 0 Å². The van der Waals surface area contributed by atoms with Crippen molar-refractivity contribution in [1.82, 2.24) is 14.9 Å². The van der Waals surface area contributed by atoms with E-state index in [-0.39, 0.29) is 12.1 Å². The number of carbonyl (C=O) groups is 1. The highest BCUT2D eigenvalue weighted by Crippen LogP contribution is 2.24. The zero-order chi connectivity index (χ0) is 21.8. The summed E-state index contributed by atoms with van der Waals surface area (Å²) in [5, 5.41) is 3.44. The van der Waals surface area contributed by atoms with Gasteiger partial charge in [0.1, 0.15) is 11.2 Å². The molecule has 2 aromatic heterocycles. The van der Waals surface area contributed by atoms with Crippen molar-refractivity contribution in [3.05, 3.63) is 88.4 Å². The van der Waals surface area contributed by atoms with Gasteiger partial charge in [0.05, 0.1) is 13.1 Å². The maximum atomic E-state index is 13.2. The van der Waals surface area contributed by atoms with Crippen LogP contribution in [0.5, 0.6) is 0 Å². The highest BCUT2D eigenvalue weighted by molar-refractivity contribution is 5.96. The smallest absolute Gasteiger partial charge is 0.265 e. The fourth-order valence-electron chi connectivity index (χ4n) is 3.50. The molecule has 1 aliphatic rings. The van der Waals surface area contributed by atoms with Gasteiger partial charge in [0.2, 0.25) is 5.79 Å². The summed E-state index contributed by atoms with van der Waals surface area (Å²) < 4.78 is 17.7. The first-order valence-electron chi connectivity index (χ1n) is 9.81. The lowest BCUT2D eigenvalue weighted by Gasteiger charge is -2.27. The molecule has 2 atom stereocenters. The van der Waals surface area contributed by atoms with Crippen LogP contribution < -0.4 is 10.9 Å². The van der Waals surface area contributed by atoms with Crippen LogP contribution in [0.15, 0.2) is 71.7 Å². The molecule has 0 radical (unpaired) electrons. The second kappa shape index (κ2) is 8.81. The molecule has 31 heavy (non-hydrogen) atoms. The second-order valence-corrected chi connectivity index (χ2v) is 7.13. The average Bonchev–Trinajstić information content (AvgIpc) is 3.24. The highest BCUT2D eigenvalue weighted by Gasteiger charge is 2.36. The molecule has 0 saturated carbocycles. The van der Waals surface area contributed by atoms with E-state index in [9.17, 15) is 9.59 Å². The summed E-state index contributed by atoms with van der Waals surface area (Å²) in [5.74, 6) is -1.68. The molecule has 1 amide bonds. The van der Waals surface area contributed by atoms with E-state index in [4.69, 9.17) is 14.2 Å². The van der Waals surface area contributed by atoms with Crippen LogP contribution in [0, 0.1) is 0 Å². The van der Waals surface area contributed by atoms with Crippen LogP contribution in [0.25, 0.3) is 11.0 Å². The number of aromatic nitrogens is 2. The molecule has 8 nitrogen and oxygen atoms in total. The minimum absolute atomic E-state index is 0.0158. The van der Waals surface area contributed by atoms with Crippen LogP contribution in [-0.4, -0.2) is 48.3 Å². The van der Waals surface area contributed by atoms with E-state index in [1.54, 1.807) is 30.5 Å². The third-order valence-electron chi connectivity index (χ3n) is 5.17. The minimum Gasteiger partial charge on any atom is -0.352 e. The molecule has 0 fully saturated rings. The lowest BCUT2D eigenvalue weighted by Crippen LogP contribution is -2.45. The molecule has 160 valence electrons. The van der Waals surface area contributed by atoms with Crippen LogP contribution in [0.3, 0.4) is 0 Å². The summed E-state index contributed by atoms with van der Waals surface area (Å²) in [6, 6.07) is 14.7. The summed E-state index contributed by atoms with van der Waals surface area (Å²) in [5.41, 5.74) is 1.05. The van der Waals surface area contributed by atoms with Crippen LogP contribution in [0.1, 0.15) is 15.9 Å². The number of fused-ring (bicyclic) bond motifs is 1. The maximum Gasteiger partial charge on any atom is 0.265 e. The van der Waals surface area contributed by atoms with Gasteiger partial charge < -0.3 is 19.5 Å². The zero-order valence-electron chi connectivity index (χ0n) is 17.3. The van der Waals surface area contributed by atoms with E-state index in [0.29, 0.717) is 17.6 Å². The van der Waals surface area contributed by atoms with E-state index in [0.717, 1.165) is 5.56 Å². The van der Waals surface area contributed by atoms with Gasteiger partial charge in [-0.25, -0.2) is 4.98 Å². The van der Waals surface area contributed by atoms with Crippen LogP contribution in [-0.2, 0) is 20.8 Å². The monoisotopic (exact) mass is 421 g/mol. The van der Waals surface area contributed by atoms with Crippen molar-refractivity contribution in [2.75, 3.05) is 20.8 Å². The molecule has 1 aromatic carbocycles. The van der Waals surface area contributed by atoms with Crippen LogP contribution >= 0.6 is 0 Å². The van der Waals surface area contributed by atoms with Gasteiger partial charge in [-0.1, -0.05) is 30.3 Å². The van der Waals surface area contributed by atoms with E-state index in [2.05, 4.69) is 10.3 Å². The quantitative estimate of drug-likeness (QED) is 0.588. The summed E-state index contributed by atoms with van der Waals surface area (Å²) in [6.07, 6.45) is 4.44. The SMILES string of the molecule is CO[C@H]1C=C[C@](CNC(=O)c2cc3cccnc3n(Cc3ccccc3)c2=O)(OC)O1. The van der Waals surface area contributed by atoms with Gasteiger partial charge in [-0.05, 0) is 35.9 Å². The molecule has 0 spiro atoms. The number of nitrogens with one attached hydrogen (secondary N) is 1. The van der Waals surface area contributed by atoms with Crippen LogP contribution in [0.4, 0.5) is 0 Å². The largest absolute Gasteiger partial charge is 0.352 e. The third kappa shape index (κ3) is 4.27. The van der Waals surface area contributed by atoms with E-state index < -0.39 is 23.5 Å². The summed E-state index contributed by atoms with van der Waals surface area (Å²) in [6.45, 7) is 0.319. The molecular formula is C23H23N3O5. The molecule has 1 aliphatic heterocycles. The number of nitrogens with zero attached hydrogens (tertiary/aromatic N) is 2. The highest BCUT2D eigenvalue weighted by atomic mass is 16.8. The minimum atomic E-state index is -1.15. The van der Waals surface area contributed by atoms with Crippen molar-refractivity contribution in [3.63, 3.8) is 0 Å². The van der Waals surface area contributed by atoms with Crippen molar-refractivity contribution >= 4 is 16.9 Å². The molecule has 3 heterocycles. The van der Waals surface area contributed by atoms with Crippen molar-refractivity contribution in [2.24, 2.45) is 0 Å². The Morgan fingerprint density at radius 3 is 2.74 bits per heavy atom. The maximum absolute atomic E-state index is 13.2. The summed E-state index contributed by atoms with van der Waals surface area (Å²) in [7, 11) is 2.99. The number of amides is 1. The molecular weight excluding hydrogens is 398 g/mol. The Kier molecular flexibility index (Phi) is 5.94. The van der Waals surface area contributed by atoms with Gasteiger partial charge in [-0.3, -0.25) is 14.2 Å². The van der Waals surface area contributed by atoms with Gasteiger partial charge in [0.25, 0.3) is 11.5 Å². The first kappa shape index (κ1) is 20.9. The Bertz CT molecular complexity index is 1170. The number of carbonyl (C=O) groups excluding carboxylic acids is 1. The number of hydrogen-bond donors (Lipinski definition) is 1. The second-order valence-electron chi connectivity index (χ2n) is 7.13. The van der Waals surface area contributed by atoms with Crippen molar-refractivity contribution in [2.45, 2.75) is 18.6 Å². The first-order valence-corrected chi connectivity index (χ1v) is 9.81. The Hall–Kier alpha value is -3.33. The summed E-state index contributed by atoms with van der Waals surface area (Å²) >= 11 is 0. The van der Waals surface area contributed by atoms with E-state index in [1.807, 2.05) is 36.4 Å². The van der Waals surface area contributed by atoms with Gasteiger partial charge in [0.15, 0.2) is 6.29 Å². The molecule has 8 heteroatoms. The fraction of sp³-hybridized carbons (Fsp3) is 0.261. The normalized spacial score (nSPS) is 20.3. The predicted molar refractivity (Wildman–Crippen MR) is 115 cm³/mol. The molecule has 0 unspecified atom stereocenters. The van der Waals surface area contributed by atoms with E-state index >= 15 is 0 Å². The van der Waals surface area contributed by atoms with Gasteiger partial charge in [0, 0.05) is 25.8 Å². The lowest BCUT2D eigenvalue weighted by molar-refractivity contribution is -0.238. The average molecular weight is 421 g/mol. The topological polar surface area (TPSA) is 91.7 Å². The third-order valence-corrected chi connectivity index (χ3v) is 5.17. The Morgan fingerprint density at radius 1 is 1.23 bits per heavy atom. The Morgan fingerprint density at radius 2 is 2.03 bits per heavy atom.